The minimum absolute atomic E-state index is 0.0185. The van der Waals surface area contributed by atoms with Gasteiger partial charge in [0.05, 0.1) is 22.4 Å². The Morgan fingerprint density at radius 1 is 1.43 bits per heavy atom. The van der Waals surface area contributed by atoms with E-state index in [9.17, 15) is 4.79 Å². The molecule has 1 amide bonds. The topological polar surface area (TPSA) is 51.0 Å². The monoisotopic (exact) mass is 306 g/mol. The molecule has 6 heteroatoms. The molecule has 0 fully saturated rings. The zero-order valence-electron chi connectivity index (χ0n) is 13.5. The first kappa shape index (κ1) is 15.7. The van der Waals surface area contributed by atoms with Gasteiger partial charge < -0.3 is 4.90 Å². The van der Waals surface area contributed by atoms with Crippen molar-refractivity contribution >= 4 is 17.2 Å². The molecule has 2 aromatic rings. The normalized spacial score (nSPS) is 12.5. The van der Waals surface area contributed by atoms with Gasteiger partial charge in [0.1, 0.15) is 5.69 Å². The van der Waals surface area contributed by atoms with Crippen molar-refractivity contribution in [3.63, 3.8) is 0 Å². The molecule has 0 aromatic carbocycles. The molecule has 0 bridgehead atoms. The largest absolute Gasteiger partial charge is 0.332 e. The molecule has 0 unspecified atom stereocenters. The summed E-state index contributed by atoms with van der Waals surface area (Å²) in [6.07, 6.45) is 0. The fourth-order valence-electron chi connectivity index (χ4n) is 2.43. The standard InChI is InChI=1S/C15H22N4OS/c1-7-19-13(8-9(2)17-19)15(20)18(6)10(3)14-11(4)21-12(5)16-14/h8,10H,7H2,1-6H3/t10-/m0/s1. The molecular formula is C15H22N4OS. The van der Waals surface area contributed by atoms with Gasteiger partial charge in [-0.1, -0.05) is 0 Å². The molecule has 1 atom stereocenters. The van der Waals surface area contributed by atoms with Gasteiger partial charge in [0.15, 0.2) is 0 Å². The summed E-state index contributed by atoms with van der Waals surface area (Å²) in [7, 11) is 1.82. The summed E-state index contributed by atoms with van der Waals surface area (Å²) in [5.41, 5.74) is 2.48. The Hall–Kier alpha value is -1.69. The number of carbonyl (C=O) groups excluding carboxylic acids is 1. The van der Waals surface area contributed by atoms with E-state index in [0.717, 1.165) is 16.4 Å². The molecular weight excluding hydrogens is 284 g/mol. The van der Waals surface area contributed by atoms with Gasteiger partial charge in [-0.05, 0) is 40.7 Å². The van der Waals surface area contributed by atoms with E-state index in [4.69, 9.17) is 0 Å². The van der Waals surface area contributed by atoms with Crippen molar-refractivity contribution in [3.05, 3.63) is 33.0 Å². The van der Waals surface area contributed by atoms with Crippen molar-refractivity contribution in [2.75, 3.05) is 7.05 Å². The highest BCUT2D eigenvalue weighted by Gasteiger charge is 2.25. The maximum atomic E-state index is 12.7. The highest BCUT2D eigenvalue weighted by atomic mass is 32.1. The summed E-state index contributed by atoms with van der Waals surface area (Å²) >= 11 is 1.67. The summed E-state index contributed by atoms with van der Waals surface area (Å²) in [5.74, 6) is -0.0185. The predicted molar refractivity (Wildman–Crippen MR) is 84.7 cm³/mol. The van der Waals surface area contributed by atoms with E-state index in [0.29, 0.717) is 12.2 Å². The second-order valence-corrected chi connectivity index (χ2v) is 6.66. The molecule has 0 radical (unpaired) electrons. The first-order valence-electron chi connectivity index (χ1n) is 7.10. The summed E-state index contributed by atoms with van der Waals surface area (Å²) < 4.78 is 1.75. The Morgan fingerprint density at radius 3 is 2.62 bits per heavy atom. The van der Waals surface area contributed by atoms with E-state index < -0.39 is 0 Å². The van der Waals surface area contributed by atoms with Gasteiger partial charge in [0, 0.05) is 18.5 Å². The van der Waals surface area contributed by atoms with E-state index >= 15 is 0 Å². The molecule has 0 saturated heterocycles. The second kappa shape index (κ2) is 5.97. The van der Waals surface area contributed by atoms with Crippen LogP contribution in [0.3, 0.4) is 0 Å². The quantitative estimate of drug-likeness (QED) is 0.872. The first-order chi connectivity index (χ1) is 9.85. The van der Waals surface area contributed by atoms with Crippen LogP contribution in [0.2, 0.25) is 0 Å². The number of hydrogen-bond acceptors (Lipinski definition) is 4. The Balaban J connectivity index is 2.28. The van der Waals surface area contributed by atoms with Crippen molar-refractivity contribution in [2.24, 2.45) is 0 Å². The Kier molecular flexibility index (Phi) is 4.46. The van der Waals surface area contributed by atoms with Gasteiger partial charge in [-0.15, -0.1) is 11.3 Å². The molecule has 0 N–H and O–H groups in total. The molecule has 2 aromatic heterocycles. The maximum absolute atomic E-state index is 12.7. The third-order valence-electron chi connectivity index (χ3n) is 3.66. The summed E-state index contributed by atoms with van der Waals surface area (Å²) in [4.78, 5) is 20.2. The summed E-state index contributed by atoms with van der Waals surface area (Å²) in [5, 5.41) is 5.37. The third-order valence-corrected chi connectivity index (χ3v) is 4.56. The molecule has 5 nitrogen and oxygen atoms in total. The predicted octanol–water partition coefficient (Wildman–Crippen LogP) is 3.12. The number of aryl methyl sites for hydroxylation is 4. The van der Waals surface area contributed by atoms with Crippen molar-refractivity contribution in [1.29, 1.82) is 0 Å². The molecule has 0 spiro atoms. The van der Waals surface area contributed by atoms with Crippen LogP contribution < -0.4 is 0 Å². The van der Waals surface area contributed by atoms with Gasteiger partial charge in [0.25, 0.3) is 5.91 Å². The maximum Gasteiger partial charge on any atom is 0.272 e. The SMILES string of the molecule is CCn1nc(C)cc1C(=O)N(C)[C@@H](C)c1nc(C)sc1C. The highest BCUT2D eigenvalue weighted by molar-refractivity contribution is 7.11. The van der Waals surface area contributed by atoms with Crippen LogP contribution in [0.1, 0.15) is 51.7 Å². The van der Waals surface area contributed by atoms with Crippen LogP contribution in [-0.2, 0) is 6.54 Å². The van der Waals surface area contributed by atoms with Gasteiger partial charge in [-0.3, -0.25) is 9.48 Å². The number of thiazole rings is 1. The lowest BCUT2D eigenvalue weighted by Crippen LogP contribution is -2.31. The van der Waals surface area contributed by atoms with Crippen LogP contribution in [0, 0.1) is 20.8 Å². The van der Waals surface area contributed by atoms with Gasteiger partial charge in [-0.2, -0.15) is 5.10 Å². The minimum atomic E-state index is -0.0528. The van der Waals surface area contributed by atoms with Crippen LogP contribution in [0.15, 0.2) is 6.07 Å². The van der Waals surface area contributed by atoms with Crippen LogP contribution in [-0.4, -0.2) is 32.6 Å². The average Bonchev–Trinajstić information content (AvgIpc) is 2.98. The molecule has 21 heavy (non-hydrogen) atoms. The van der Waals surface area contributed by atoms with Gasteiger partial charge >= 0.3 is 0 Å². The number of amides is 1. The minimum Gasteiger partial charge on any atom is -0.332 e. The van der Waals surface area contributed by atoms with Gasteiger partial charge in [-0.25, -0.2) is 4.98 Å². The van der Waals surface area contributed by atoms with E-state index in [1.807, 2.05) is 40.8 Å². The van der Waals surface area contributed by atoms with Crippen molar-refractivity contribution in [2.45, 2.75) is 47.2 Å². The number of hydrogen-bond donors (Lipinski definition) is 0. The smallest absolute Gasteiger partial charge is 0.272 e. The van der Waals surface area contributed by atoms with E-state index in [1.165, 1.54) is 4.88 Å². The third kappa shape index (κ3) is 3.00. The Morgan fingerprint density at radius 2 is 2.10 bits per heavy atom. The van der Waals surface area contributed by atoms with Crippen molar-refractivity contribution in [1.82, 2.24) is 19.7 Å². The van der Waals surface area contributed by atoms with Crippen molar-refractivity contribution in [3.8, 4) is 0 Å². The molecule has 0 aliphatic rings. The van der Waals surface area contributed by atoms with Gasteiger partial charge in [0.2, 0.25) is 0 Å². The average molecular weight is 306 g/mol. The first-order valence-corrected chi connectivity index (χ1v) is 7.92. The fraction of sp³-hybridized carbons (Fsp3) is 0.533. The van der Waals surface area contributed by atoms with Crippen LogP contribution in [0.4, 0.5) is 0 Å². The zero-order chi connectivity index (χ0) is 15.7. The van der Waals surface area contributed by atoms with E-state index in [-0.39, 0.29) is 11.9 Å². The van der Waals surface area contributed by atoms with Crippen molar-refractivity contribution < 1.29 is 4.79 Å². The lowest BCUT2D eigenvalue weighted by atomic mass is 10.2. The summed E-state index contributed by atoms with van der Waals surface area (Å²) in [6, 6.07) is 1.79. The summed E-state index contributed by atoms with van der Waals surface area (Å²) in [6.45, 7) is 10.6. The van der Waals surface area contributed by atoms with Crippen LogP contribution in [0.5, 0.6) is 0 Å². The van der Waals surface area contributed by atoms with Crippen LogP contribution in [0.25, 0.3) is 0 Å². The Labute approximate surface area is 129 Å². The number of nitrogens with zero attached hydrogens (tertiary/aromatic N) is 4. The highest BCUT2D eigenvalue weighted by Crippen LogP contribution is 2.27. The number of carbonyl (C=O) groups is 1. The molecule has 0 saturated carbocycles. The van der Waals surface area contributed by atoms with E-state index in [2.05, 4.69) is 17.0 Å². The molecule has 2 rings (SSSR count). The second-order valence-electron chi connectivity index (χ2n) is 5.25. The lowest BCUT2D eigenvalue weighted by molar-refractivity contribution is 0.0727. The molecule has 114 valence electrons. The Bertz CT molecular complexity index is 659. The van der Waals surface area contributed by atoms with Crippen LogP contribution >= 0.6 is 11.3 Å². The molecule has 0 aliphatic carbocycles. The molecule has 2 heterocycles. The van der Waals surface area contributed by atoms with E-state index in [1.54, 1.807) is 20.9 Å². The zero-order valence-corrected chi connectivity index (χ0v) is 14.3. The number of aromatic nitrogens is 3. The molecule has 0 aliphatic heterocycles. The lowest BCUT2D eigenvalue weighted by Gasteiger charge is -2.24. The fourth-order valence-corrected chi connectivity index (χ4v) is 3.34. The number of rotatable bonds is 4.